The average Bonchev–Trinajstić information content (AvgIpc) is 2.65. The molecule has 5 nitrogen and oxygen atoms in total. The summed E-state index contributed by atoms with van der Waals surface area (Å²) in [6.45, 7) is 5.78. The number of hydrogen-bond donors (Lipinski definition) is 2. The summed E-state index contributed by atoms with van der Waals surface area (Å²) in [6, 6.07) is 8.22. The first kappa shape index (κ1) is 22.6. The molecular formula is C20H23ClF3N5S. The van der Waals surface area contributed by atoms with Crippen LogP contribution in [0.2, 0.25) is 5.02 Å². The maximum absolute atomic E-state index is 13.4. The third-order valence-electron chi connectivity index (χ3n) is 4.82. The maximum Gasteiger partial charge on any atom is 0.433 e. The number of halogens is 4. The van der Waals surface area contributed by atoms with Crippen molar-refractivity contribution in [3.63, 3.8) is 0 Å². The van der Waals surface area contributed by atoms with Crippen LogP contribution < -0.4 is 15.5 Å². The van der Waals surface area contributed by atoms with Crippen molar-refractivity contribution in [1.29, 1.82) is 0 Å². The Balaban J connectivity index is 1.77. The van der Waals surface area contributed by atoms with E-state index in [1.165, 1.54) is 0 Å². The number of benzene rings is 1. The zero-order chi connectivity index (χ0) is 21.9. The molecule has 0 amide bonds. The van der Waals surface area contributed by atoms with Crippen LogP contribution in [0.3, 0.4) is 0 Å². The van der Waals surface area contributed by atoms with Gasteiger partial charge in [0.2, 0.25) is 5.95 Å². The van der Waals surface area contributed by atoms with E-state index in [2.05, 4.69) is 34.4 Å². The molecule has 10 heteroatoms. The van der Waals surface area contributed by atoms with Crippen LogP contribution in [0.4, 0.5) is 24.9 Å². The number of nitrogens with one attached hydrogen (secondary N) is 2. The van der Waals surface area contributed by atoms with Gasteiger partial charge < -0.3 is 15.5 Å². The van der Waals surface area contributed by atoms with E-state index in [-0.39, 0.29) is 16.9 Å². The Kier molecular flexibility index (Phi) is 7.02. The molecule has 1 aliphatic heterocycles. The van der Waals surface area contributed by atoms with E-state index in [1.807, 2.05) is 23.1 Å². The minimum atomic E-state index is -4.59. The smallest absolute Gasteiger partial charge is 0.358 e. The molecule has 2 heterocycles. The Morgan fingerprint density at radius 1 is 1.20 bits per heavy atom. The van der Waals surface area contributed by atoms with Crippen LogP contribution in [-0.2, 0) is 12.7 Å². The van der Waals surface area contributed by atoms with Gasteiger partial charge in [-0.05, 0) is 42.1 Å². The van der Waals surface area contributed by atoms with Crippen molar-refractivity contribution in [2.45, 2.75) is 33.0 Å². The Bertz CT molecular complexity index is 898. The molecule has 0 bridgehead atoms. The third kappa shape index (κ3) is 5.95. The van der Waals surface area contributed by atoms with E-state index < -0.39 is 11.9 Å². The highest BCUT2D eigenvalue weighted by atomic mass is 35.5. The van der Waals surface area contributed by atoms with Gasteiger partial charge >= 0.3 is 6.18 Å². The normalized spacial score (nSPS) is 19.5. The number of hydrogen-bond acceptors (Lipinski definition) is 4. The van der Waals surface area contributed by atoms with E-state index in [0.29, 0.717) is 36.5 Å². The number of piperidine rings is 1. The lowest BCUT2D eigenvalue weighted by Gasteiger charge is -2.36. The second kappa shape index (κ2) is 9.34. The molecule has 0 saturated carbocycles. The summed E-state index contributed by atoms with van der Waals surface area (Å²) < 4.78 is 40.3. The number of thiocarbonyl (C=S) groups is 1. The maximum atomic E-state index is 13.4. The van der Waals surface area contributed by atoms with Crippen molar-refractivity contribution in [3.05, 3.63) is 46.6 Å². The van der Waals surface area contributed by atoms with E-state index in [0.717, 1.165) is 18.1 Å². The molecule has 0 aliphatic carbocycles. The topological polar surface area (TPSA) is 53.1 Å². The predicted molar refractivity (Wildman–Crippen MR) is 117 cm³/mol. The lowest BCUT2D eigenvalue weighted by atomic mass is 9.92. The van der Waals surface area contributed by atoms with Gasteiger partial charge in [-0.25, -0.2) is 4.98 Å². The molecule has 2 aromatic rings. The van der Waals surface area contributed by atoms with Crippen LogP contribution in [0.1, 0.15) is 31.5 Å². The second-order valence-corrected chi connectivity index (χ2v) is 8.50. The van der Waals surface area contributed by atoms with Crippen molar-refractivity contribution >= 4 is 40.7 Å². The number of aromatic nitrogens is 2. The van der Waals surface area contributed by atoms with Crippen LogP contribution in [0.15, 0.2) is 30.3 Å². The second-order valence-electron chi connectivity index (χ2n) is 7.68. The van der Waals surface area contributed by atoms with Gasteiger partial charge in [-0.2, -0.15) is 18.2 Å². The monoisotopic (exact) mass is 457 g/mol. The summed E-state index contributed by atoms with van der Waals surface area (Å²) in [6.07, 6.45) is -3.55. The van der Waals surface area contributed by atoms with Gasteiger partial charge in [0.15, 0.2) is 10.8 Å². The first-order chi connectivity index (χ1) is 14.1. The summed E-state index contributed by atoms with van der Waals surface area (Å²) >= 11 is 11.3. The van der Waals surface area contributed by atoms with Gasteiger partial charge in [-0.3, -0.25) is 0 Å². The molecule has 3 rings (SSSR count). The van der Waals surface area contributed by atoms with Crippen LogP contribution in [0, 0.1) is 11.8 Å². The number of nitrogens with zero attached hydrogens (tertiary/aromatic N) is 3. The summed E-state index contributed by atoms with van der Waals surface area (Å²) in [5, 5.41) is 6.27. The fourth-order valence-electron chi connectivity index (χ4n) is 3.61. The molecule has 2 N–H and O–H groups in total. The summed E-state index contributed by atoms with van der Waals surface area (Å²) in [5.41, 5.74) is -0.194. The lowest BCUT2D eigenvalue weighted by Crippen LogP contribution is -2.39. The largest absolute Gasteiger partial charge is 0.433 e. The molecule has 1 aromatic heterocycles. The van der Waals surface area contributed by atoms with Crippen molar-refractivity contribution in [2.75, 3.05) is 23.3 Å². The zero-order valence-electron chi connectivity index (χ0n) is 16.6. The Labute approximate surface area is 184 Å². The number of anilines is 2. The van der Waals surface area contributed by atoms with Crippen LogP contribution in [0.25, 0.3) is 0 Å². The lowest BCUT2D eigenvalue weighted by molar-refractivity contribution is -0.141. The van der Waals surface area contributed by atoms with Gasteiger partial charge in [0, 0.05) is 30.7 Å². The van der Waals surface area contributed by atoms with Gasteiger partial charge in [0.25, 0.3) is 0 Å². The fourth-order valence-corrected chi connectivity index (χ4v) is 3.98. The van der Waals surface area contributed by atoms with Crippen molar-refractivity contribution in [3.8, 4) is 0 Å². The van der Waals surface area contributed by atoms with E-state index >= 15 is 0 Å². The summed E-state index contributed by atoms with van der Waals surface area (Å²) in [4.78, 5) is 9.80. The van der Waals surface area contributed by atoms with Crippen LogP contribution in [0.5, 0.6) is 0 Å². The molecule has 2 atom stereocenters. The standard InChI is InChI=1S/C20H23ClF3N5S/c1-12-7-13(2)11-29(10-12)17-8-16(20(22,23)24)26-18(27-17)28-19(30)25-9-14-5-3-4-6-15(14)21/h3-6,8,12-13H,7,9-11H2,1-2H3,(H2,25,26,27,28,30)/t12-,13+. The molecule has 0 spiro atoms. The van der Waals surface area contributed by atoms with E-state index in [1.54, 1.807) is 6.07 Å². The molecule has 162 valence electrons. The molecular weight excluding hydrogens is 435 g/mol. The summed E-state index contributed by atoms with van der Waals surface area (Å²) in [5.74, 6) is 0.787. The average molecular weight is 458 g/mol. The third-order valence-corrected chi connectivity index (χ3v) is 5.43. The highest BCUT2D eigenvalue weighted by Crippen LogP contribution is 2.32. The van der Waals surface area contributed by atoms with Crippen molar-refractivity contribution in [1.82, 2.24) is 15.3 Å². The fraction of sp³-hybridized carbons (Fsp3) is 0.450. The SMILES string of the molecule is C[C@@H]1C[C@H](C)CN(c2cc(C(F)(F)F)nc(NC(=S)NCc3ccccc3Cl)n2)C1. The van der Waals surface area contributed by atoms with Gasteiger partial charge in [-0.15, -0.1) is 0 Å². The van der Waals surface area contributed by atoms with Crippen LogP contribution >= 0.6 is 23.8 Å². The molecule has 0 unspecified atom stereocenters. The van der Waals surface area contributed by atoms with Gasteiger partial charge in [0.1, 0.15) is 5.82 Å². The highest BCUT2D eigenvalue weighted by Gasteiger charge is 2.35. The Morgan fingerprint density at radius 2 is 1.87 bits per heavy atom. The quantitative estimate of drug-likeness (QED) is 0.622. The number of rotatable bonds is 4. The van der Waals surface area contributed by atoms with E-state index in [4.69, 9.17) is 23.8 Å². The Hall–Kier alpha value is -2.13. The van der Waals surface area contributed by atoms with Crippen molar-refractivity contribution < 1.29 is 13.2 Å². The van der Waals surface area contributed by atoms with E-state index in [9.17, 15) is 13.2 Å². The molecule has 0 radical (unpaired) electrons. The molecule has 1 saturated heterocycles. The minimum absolute atomic E-state index is 0.112. The summed E-state index contributed by atoms with van der Waals surface area (Å²) in [7, 11) is 0. The predicted octanol–water partition coefficient (Wildman–Crippen LogP) is 5.12. The minimum Gasteiger partial charge on any atom is -0.358 e. The zero-order valence-corrected chi connectivity index (χ0v) is 18.2. The Morgan fingerprint density at radius 3 is 2.50 bits per heavy atom. The molecule has 1 aliphatic rings. The molecule has 30 heavy (non-hydrogen) atoms. The molecule has 1 aromatic carbocycles. The first-order valence-electron chi connectivity index (χ1n) is 9.61. The van der Waals surface area contributed by atoms with Gasteiger partial charge in [-0.1, -0.05) is 43.6 Å². The van der Waals surface area contributed by atoms with Crippen LogP contribution in [-0.4, -0.2) is 28.2 Å². The van der Waals surface area contributed by atoms with Crippen molar-refractivity contribution in [2.24, 2.45) is 11.8 Å². The number of alkyl halides is 3. The highest BCUT2D eigenvalue weighted by molar-refractivity contribution is 7.80. The molecule has 1 fully saturated rings. The first-order valence-corrected chi connectivity index (χ1v) is 10.4. The van der Waals surface area contributed by atoms with Gasteiger partial charge in [0.05, 0.1) is 0 Å².